The van der Waals surface area contributed by atoms with Crippen LogP contribution in [0.25, 0.3) is 0 Å². The van der Waals surface area contributed by atoms with E-state index in [-0.39, 0.29) is 5.91 Å². The second kappa shape index (κ2) is 6.52. The van der Waals surface area contributed by atoms with Gasteiger partial charge in [0.15, 0.2) is 0 Å². The van der Waals surface area contributed by atoms with Crippen molar-refractivity contribution in [2.75, 3.05) is 37.7 Å². The number of hydrogen-bond donors (Lipinski definition) is 1. The van der Waals surface area contributed by atoms with Gasteiger partial charge in [-0.15, -0.1) is 0 Å². The molecule has 0 unspecified atom stereocenters. The predicted octanol–water partition coefficient (Wildman–Crippen LogP) is 1.30. The van der Waals surface area contributed by atoms with Crippen LogP contribution in [0.3, 0.4) is 0 Å². The van der Waals surface area contributed by atoms with Crippen molar-refractivity contribution in [2.45, 2.75) is 13.8 Å². The lowest BCUT2D eigenvalue weighted by Gasteiger charge is -2.28. The molecule has 1 aromatic heterocycles. The van der Waals surface area contributed by atoms with Crippen LogP contribution in [0.15, 0.2) is 18.3 Å². The molecule has 0 aliphatic carbocycles. The Balaban J connectivity index is 1.95. The van der Waals surface area contributed by atoms with E-state index in [0.717, 1.165) is 32.0 Å². The van der Waals surface area contributed by atoms with Crippen molar-refractivity contribution >= 4 is 11.6 Å². The fourth-order valence-electron chi connectivity index (χ4n) is 1.92. The minimum Gasteiger partial charge on any atom is -0.378 e. The van der Waals surface area contributed by atoms with E-state index in [0.29, 0.717) is 18.2 Å². The minimum atomic E-state index is -0.109. The van der Waals surface area contributed by atoms with E-state index in [9.17, 15) is 4.79 Å². The number of nitrogens with zero attached hydrogens (tertiary/aromatic N) is 2. The van der Waals surface area contributed by atoms with Crippen LogP contribution in [-0.4, -0.2) is 43.7 Å². The zero-order valence-electron chi connectivity index (χ0n) is 11.6. The third-order valence-electron chi connectivity index (χ3n) is 3.03. The van der Waals surface area contributed by atoms with Gasteiger partial charge in [-0.25, -0.2) is 4.98 Å². The fraction of sp³-hybridized carbons (Fsp3) is 0.571. The quantitative estimate of drug-likeness (QED) is 0.889. The first-order valence-corrected chi connectivity index (χ1v) is 6.74. The lowest BCUT2D eigenvalue weighted by molar-refractivity contribution is 0.0944. The van der Waals surface area contributed by atoms with Crippen LogP contribution in [0.2, 0.25) is 0 Å². The van der Waals surface area contributed by atoms with E-state index >= 15 is 0 Å². The van der Waals surface area contributed by atoms with Gasteiger partial charge >= 0.3 is 0 Å². The summed E-state index contributed by atoms with van der Waals surface area (Å²) < 4.78 is 5.31. The first kappa shape index (κ1) is 13.8. The van der Waals surface area contributed by atoms with Crippen LogP contribution < -0.4 is 10.2 Å². The highest BCUT2D eigenvalue weighted by molar-refractivity contribution is 5.92. The van der Waals surface area contributed by atoms with E-state index in [1.807, 2.05) is 6.07 Å². The zero-order valence-corrected chi connectivity index (χ0v) is 11.6. The monoisotopic (exact) mass is 263 g/mol. The molecule has 1 aromatic rings. The molecule has 0 aromatic carbocycles. The molecule has 2 heterocycles. The van der Waals surface area contributed by atoms with Gasteiger partial charge in [-0.2, -0.15) is 0 Å². The van der Waals surface area contributed by atoms with Gasteiger partial charge in [0, 0.05) is 19.6 Å². The van der Waals surface area contributed by atoms with Crippen LogP contribution in [-0.2, 0) is 4.74 Å². The lowest BCUT2D eigenvalue weighted by Crippen LogP contribution is -2.36. The number of carbonyl (C=O) groups excluding carboxylic acids is 1. The van der Waals surface area contributed by atoms with Crippen LogP contribution in [0.1, 0.15) is 24.3 Å². The van der Waals surface area contributed by atoms with Crippen molar-refractivity contribution in [2.24, 2.45) is 5.92 Å². The molecule has 5 nitrogen and oxygen atoms in total. The molecule has 1 aliphatic rings. The smallest absolute Gasteiger partial charge is 0.269 e. The second-order valence-corrected chi connectivity index (χ2v) is 5.10. The number of morpholine rings is 1. The number of ether oxygens (including phenoxy) is 1. The van der Waals surface area contributed by atoms with Gasteiger partial charge < -0.3 is 15.0 Å². The Bertz CT molecular complexity index is 411. The van der Waals surface area contributed by atoms with Crippen molar-refractivity contribution in [3.8, 4) is 0 Å². The summed E-state index contributed by atoms with van der Waals surface area (Å²) in [6.45, 7) is 8.05. The van der Waals surface area contributed by atoms with E-state index < -0.39 is 0 Å². The summed E-state index contributed by atoms with van der Waals surface area (Å²) in [6.07, 6.45) is 1.76. The molecule has 0 bridgehead atoms. The molecule has 19 heavy (non-hydrogen) atoms. The van der Waals surface area contributed by atoms with Crippen LogP contribution in [0.4, 0.5) is 5.69 Å². The van der Waals surface area contributed by atoms with E-state index in [4.69, 9.17) is 4.74 Å². The topological polar surface area (TPSA) is 54.5 Å². The maximum absolute atomic E-state index is 11.8. The Morgan fingerprint density at radius 1 is 1.42 bits per heavy atom. The van der Waals surface area contributed by atoms with Crippen molar-refractivity contribution in [1.29, 1.82) is 0 Å². The molecule has 1 N–H and O–H groups in total. The summed E-state index contributed by atoms with van der Waals surface area (Å²) in [5.74, 6) is 0.332. The fourth-order valence-corrected chi connectivity index (χ4v) is 1.92. The summed E-state index contributed by atoms with van der Waals surface area (Å²) in [6, 6.07) is 3.73. The highest BCUT2D eigenvalue weighted by Crippen LogP contribution is 2.14. The molecule has 0 radical (unpaired) electrons. The summed E-state index contributed by atoms with van der Waals surface area (Å²) in [5, 5.41) is 2.86. The molecule has 1 aliphatic heterocycles. The van der Waals surface area contributed by atoms with Gasteiger partial charge in [-0.3, -0.25) is 4.79 Å². The molecule has 0 atom stereocenters. The van der Waals surface area contributed by atoms with Crippen molar-refractivity contribution in [3.05, 3.63) is 24.0 Å². The molecule has 5 heteroatoms. The number of carbonyl (C=O) groups is 1. The molecule has 1 amide bonds. The number of amides is 1. The maximum Gasteiger partial charge on any atom is 0.269 e. The number of pyridine rings is 1. The summed E-state index contributed by atoms with van der Waals surface area (Å²) in [7, 11) is 0. The molecule has 1 fully saturated rings. The number of hydrogen-bond acceptors (Lipinski definition) is 4. The number of anilines is 1. The second-order valence-electron chi connectivity index (χ2n) is 5.10. The number of aromatic nitrogens is 1. The lowest BCUT2D eigenvalue weighted by atomic mass is 10.2. The normalized spacial score (nSPS) is 15.6. The number of nitrogens with one attached hydrogen (secondary N) is 1. The van der Waals surface area contributed by atoms with Gasteiger partial charge in [0.1, 0.15) is 5.69 Å². The molecule has 2 rings (SSSR count). The first-order chi connectivity index (χ1) is 9.16. The Labute approximate surface area is 114 Å². The average Bonchev–Trinajstić information content (AvgIpc) is 2.46. The zero-order chi connectivity index (χ0) is 13.7. The van der Waals surface area contributed by atoms with Gasteiger partial charge in [0.25, 0.3) is 5.91 Å². The van der Waals surface area contributed by atoms with Gasteiger partial charge in [-0.1, -0.05) is 13.8 Å². The van der Waals surface area contributed by atoms with Crippen molar-refractivity contribution < 1.29 is 9.53 Å². The Kier molecular flexibility index (Phi) is 4.74. The van der Waals surface area contributed by atoms with E-state index in [1.165, 1.54) is 0 Å². The Morgan fingerprint density at radius 3 is 2.74 bits per heavy atom. The third kappa shape index (κ3) is 3.92. The van der Waals surface area contributed by atoms with Crippen molar-refractivity contribution in [1.82, 2.24) is 10.3 Å². The van der Waals surface area contributed by atoms with Crippen LogP contribution in [0, 0.1) is 5.92 Å². The van der Waals surface area contributed by atoms with Gasteiger partial charge in [0.2, 0.25) is 0 Å². The molecular weight excluding hydrogens is 242 g/mol. The molecular formula is C14H21N3O2. The largest absolute Gasteiger partial charge is 0.378 e. The highest BCUT2D eigenvalue weighted by Gasteiger charge is 2.13. The number of rotatable bonds is 4. The predicted molar refractivity (Wildman–Crippen MR) is 74.4 cm³/mol. The molecule has 104 valence electrons. The molecule has 0 saturated carbocycles. The summed E-state index contributed by atoms with van der Waals surface area (Å²) in [5.41, 5.74) is 1.52. The average molecular weight is 263 g/mol. The Hall–Kier alpha value is -1.62. The van der Waals surface area contributed by atoms with Gasteiger partial charge in [0.05, 0.1) is 25.1 Å². The van der Waals surface area contributed by atoms with Gasteiger partial charge in [-0.05, 0) is 18.1 Å². The Morgan fingerprint density at radius 2 is 2.16 bits per heavy atom. The summed E-state index contributed by atoms with van der Waals surface area (Å²) >= 11 is 0. The van der Waals surface area contributed by atoms with Crippen LogP contribution >= 0.6 is 0 Å². The molecule has 1 saturated heterocycles. The van der Waals surface area contributed by atoms with Crippen molar-refractivity contribution in [3.63, 3.8) is 0 Å². The minimum absolute atomic E-state index is 0.109. The third-order valence-corrected chi connectivity index (χ3v) is 3.03. The standard InChI is InChI=1S/C14H21N3O2/c1-11(2)9-16-14(18)13-4-3-12(10-15-13)17-5-7-19-8-6-17/h3-4,10-11H,5-9H2,1-2H3,(H,16,18). The SMILES string of the molecule is CC(C)CNC(=O)c1ccc(N2CCOCC2)cn1. The van der Waals surface area contributed by atoms with E-state index in [1.54, 1.807) is 12.3 Å². The van der Waals surface area contributed by atoms with Crippen LogP contribution in [0.5, 0.6) is 0 Å². The van der Waals surface area contributed by atoms with E-state index in [2.05, 4.69) is 29.0 Å². The summed E-state index contributed by atoms with van der Waals surface area (Å²) in [4.78, 5) is 18.3. The molecule has 0 spiro atoms. The first-order valence-electron chi connectivity index (χ1n) is 6.74. The highest BCUT2D eigenvalue weighted by atomic mass is 16.5. The maximum atomic E-state index is 11.8.